The summed E-state index contributed by atoms with van der Waals surface area (Å²) in [4.78, 5) is 14.7. The topological polar surface area (TPSA) is 68.0 Å². The lowest BCUT2D eigenvalue weighted by atomic mass is 9.80. The fourth-order valence-electron chi connectivity index (χ4n) is 4.61. The van der Waals surface area contributed by atoms with Crippen molar-refractivity contribution < 1.29 is 4.79 Å². The van der Waals surface area contributed by atoms with Gasteiger partial charge in [-0.25, -0.2) is 0 Å². The molecule has 0 saturated heterocycles. The predicted octanol–water partition coefficient (Wildman–Crippen LogP) is 2.80. The number of hydrogen-bond donors (Lipinski definition) is 1. The van der Waals surface area contributed by atoms with E-state index in [9.17, 15) is 4.79 Å². The molecule has 0 radical (unpaired) electrons. The van der Waals surface area contributed by atoms with Crippen molar-refractivity contribution in [1.29, 1.82) is 0 Å². The summed E-state index contributed by atoms with van der Waals surface area (Å²) in [6, 6.07) is 4.17. The van der Waals surface area contributed by atoms with Gasteiger partial charge in [0.1, 0.15) is 5.69 Å². The van der Waals surface area contributed by atoms with Crippen LogP contribution < -0.4 is 5.32 Å². The molecule has 0 unspecified atom stereocenters. The Bertz CT molecular complexity index is 857. The molecule has 0 atom stereocenters. The Balaban J connectivity index is 1.40. The quantitative estimate of drug-likeness (QED) is 0.779. The highest BCUT2D eigenvalue weighted by Gasteiger charge is 2.29. The zero-order valence-electron chi connectivity index (χ0n) is 18.2. The monoisotopic (exact) mass is 398 g/mol. The standard InChI is InChI=1S/C22H34N6O/c1-23-13-15-5-7-16(8-6-15)19-11-18(27(3)24-19)14-26(2)22(29)21-12-20(17-9-10-17)25-28(21)4/h11-12,15-17,23H,5-10,13-14H2,1-4H3. The molecular formula is C22H34N6O. The zero-order valence-corrected chi connectivity index (χ0v) is 18.2. The lowest BCUT2D eigenvalue weighted by Crippen LogP contribution is -2.28. The van der Waals surface area contributed by atoms with Crippen molar-refractivity contribution in [3.8, 4) is 0 Å². The molecule has 2 aliphatic rings. The van der Waals surface area contributed by atoms with E-state index in [0.29, 0.717) is 24.1 Å². The third kappa shape index (κ3) is 4.39. The van der Waals surface area contributed by atoms with Crippen LogP contribution in [-0.2, 0) is 20.6 Å². The second-order valence-corrected chi connectivity index (χ2v) is 8.97. The summed E-state index contributed by atoms with van der Waals surface area (Å²) in [5.74, 6) is 1.91. The van der Waals surface area contributed by atoms with E-state index < -0.39 is 0 Å². The van der Waals surface area contributed by atoms with Gasteiger partial charge in [0.15, 0.2) is 0 Å². The van der Waals surface area contributed by atoms with Crippen LogP contribution in [0, 0.1) is 5.92 Å². The molecule has 0 bridgehead atoms. The summed E-state index contributed by atoms with van der Waals surface area (Å²) < 4.78 is 3.67. The highest BCUT2D eigenvalue weighted by Crippen LogP contribution is 2.39. The van der Waals surface area contributed by atoms with Gasteiger partial charge in [0.25, 0.3) is 5.91 Å². The van der Waals surface area contributed by atoms with Crippen LogP contribution in [0.4, 0.5) is 0 Å². The Hall–Kier alpha value is -2.15. The van der Waals surface area contributed by atoms with E-state index in [2.05, 4.69) is 16.5 Å². The molecule has 2 heterocycles. The highest BCUT2D eigenvalue weighted by molar-refractivity contribution is 5.92. The average molecular weight is 399 g/mol. The lowest BCUT2D eigenvalue weighted by Gasteiger charge is -2.27. The van der Waals surface area contributed by atoms with Crippen LogP contribution in [0.3, 0.4) is 0 Å². The molecule has 0 aromatic carbocycles. The smallest absolute Gasteiger partial charge is 0.272 e. The normalized spacial score (nSPS) is 22.1. The van der Waals surface area contributed by atoms with E-state index in [1.165, 1.54) is 44.2 Å². The summed E-state index contributed by atoms with van der Waals surface area (Å²) in [6.45, 7) is 1.67. The number of aromatic nitrogens is 4. The first-order valence-corrected chi connectivity index (χ1v) is 10.9. The molecule has 2 aliphatic carbocycles. The molecule has 4 rings (SSSR count). The highest BCUT2D eigenvalue weighted by atomic mass is 16.2. The number of nitrogens with zero attached hydrogens (tertiary/aromatic N) is 5. The minimum absolute atomic E-state index is 0.0159. The lowest BCUT2D eigenvalue weighted by molar-refractivity contribution is 0.0771. The number of aryl methyl sites for hydroxylation is 2. The van der Waals surface area contributed by atoms with Gasteiger partial charge in [0.2, 0.25) is 0 Å². The van der Waals surface area contributed by atoms with E-state index in [1.54, 1.807) is 9.58 Å². The summed E-state index contributed by atoms with van der Waals surface area (Å²) in [6.07, 6.45) is 7.32. The molecule has 7 nitrogen and oxygen atoms in total. The number of hydrogen-bond acceptors (Lipinski definition) is 4. The molecule has 0 aliphatic heterocycles. The van der Waals surface area contributed by atoms with Gasteiger partial charge in [-0.15, -0.1) is 0 Å². The van der Waals surface area contributed by atoms with E-state index in [1.807, 2.05) is 38.9 Å². The first kappa shape index (κ1) is 20.1. The van der Waals surface area contributed by atoms with Crippen molar-refractivity contribution >= 4 is 5.91 Å². The van der Waals surface area contributed by atoms with Crippen molar-refractivity contribution in [2.45, 2.75) is 56.9 Å². The first-order valence-electron chi connectivity index (χ1n) is 10.9. The second kappa shape index (κ2) is 8.30. The molecule has 29 heavy (non-hydrogen) atoms. The summed E-state index contributed by atoms with van der Waals surface area (Å²) in [7, 11) is 7.74. The number of rotatable bonds is 7. The SMILES string of the molecule is CNCC1CCC(c2cc(CN(C)C(=O)c3cc(C4CC4)nn3C)n(C)n2)CC1. The average Bonchev–Trinajstić information content (AvgIpc) is 3.40. The van der Waals surface area contributed by atoms with Crippen molar-refractivity contribution in [2.75, 3.05) is 20.6 Å². The molecule has 2 fully saturated rings. The Kier molecular flexibility index (Phi) is 5.76. The molecule has 2 saturated carbocycles. The number of amides is 1. The van der Waals surface area contributed by atoms with E-state index in [4.69, 9.17) is 5.10 Å². The minimum atomic E-state index is 0.0159. The molecule has 2 aromatic rings. The van der Waals surface area contributed by atoms with Gasteiger partial charge in [-0.2, -0.15) is 10.2 Å². The third-order valence-corrected chi connectivity index (χ3v) is 6.61. The van der Waals surface area contributed by atoms with Crippen LogP contribution in [0.1, 0.15) is 77.9 Å². The van der Waals surface area contributed by atoms with Crippen LogP contribution in [0.25, 0.3) is 0 Å². The zero-order chi connectivity index (χ0) is 20.5. The van der Waals surface area contributed by atoms with E-state index in [-0.39, 0.29) is 5.91 Å². The molecule has 1 amide bonds. The van der Waals surface area contributed by atoms with Gasteiger partial charge in [0.05, 0.1) is 23.6 Å². The number of carbonyl (C=O) groups excluding carboxylic acids is 1. The molecule has 158 valence electrons. The Morgan fingerprint density at radius 3 is 2.24 bits per heavy atom. The Morgan fingerprint density at radius 2 is 1.62 bits per heavy atom. The van der Waals surface area contributed by atoms with Crippen LogP contribution in [-0.4, -0.2) is 51.0 Å². The Morgan fingerprint density at radius 1 is 1.03 bits per heavy atom. The summed E-state index contributed by atoms with van der Waals surface area (Å²) >= 11 is 0. The summed E-state index contributed by atoms with van der Waals surface area (Å²) in [5, 5.41) is 12.6. The predicted molar refractivity (Wildman–Crippen MR) is 113 cm³/mol. The van der Waals surface area contributed by atoms with Crippen LogP contribution in [0.2, 0.25) is 0 Å². The molecule has 0 spiro atoms. The molecule has 1 N–H and O–H groups in total. The first-order chi connectivity index (χ1) is 14.0. The summed E-state index contributed by atoms with van der Waals surface area (Å²) in [5.41, 5.74) is 3.99. The van der Waals surface area contributed by atoms with Gasteiger partial charge in [-0.1, -0.05) is 0 Å². The Labute approximate surface area is 173 Å². The van der Waals surface area contributed by atoms with Crippen molar-refractivity contribution in [3.63, 3.8) is 0 Å². The van der Waals surface area contributed by atoms with Gasteiger partial charge in [-0.3, -0.25) is 14.2 Å². The fourth-order valence-corrected chi connectivity index (χ4v) is 4.61. The maximum Gasteiger partial charge on any atom is 0.272 e. The van der Waals surface area contributed by atoms with Crippen LogP contribution in [0.5, 0.6) is 0 Å². The van der Waals surface area contributed by atoms with Crippen molar-refractivity contribution in [2.24, 2.45) is 20.0 Å². The van der Waals surface area contributed by atoms with E-state index >= 15 is 0 Å². The second-order valence-electron chi connectivity index (χ2n) is 8.97. The van der Waals surface area contributed by atoms with E-state index in [0.717, 1.165) is 23.9 Å². The van der Waals surface area contributed by atoms with Crippen LogP contribution in [0.15, 0.2) is 12.1 Å². The van der Waals surface area contributed by atoms with Crippen molar-refractivity contribution in [1.82, 2.24) is 29.8 Å². The number of carbonyl (C=O) groups is 1. The number of nitrogens with one attached hydrogen (secondary N) is 1. The fraction of sp³-hybridized carbons (Fsp3) is 0.682. The third-order valence-electron chi connectivity index (χ3n) is 6.61. The van der Waals surface area contributed by atoms with Gasteiger partial charge >= 0.3 is 0 Å². The van der Waals surface area contributed by atoms with Gasteiger partial charge in [-0.05, 0) is 70.2 Å². The maximum atomic E-state index is 13.0. The molecule has 2 aromatic heterocycles. The minimum Gasteiger partial charge on any atom is -0.334 e. The van der Waals surface area contributed by atoms with Gasteiger partial charge in [0, 0.05) is 33.0 Å². The van der Waals surface area contributed by atoms with Gasteiger partial charge < -0.3 is 10.2 Å². The van der Waals surface area contributed by atoms with Crippen LogP contribution >= 0.6 is 0 Å². The molecule has 7 heteroatoms. The molecular weight excluding hydrogens is 364 g/mol. The maximum absolute atomic E-state index is 13.0. The largest absolute Gasteiger partial charge is 0.334 e. The van der Waals surface area contributed by atoms with Crippen molar-refractivity contribution in [3.05, 3.63) is 34.9 Å².